The minimum atomic E-state index is 0.419. The Balaban J connectivity index is 1.70. The Hall–Kier alpha value is -0.770. The molecule has 0 radical (unpaired) electrons. The highest BCUT2D eigenvalue weighted by molar-refractivity contribution is 7.16. The van der Waals surface area contributed by atoms with Crippen LogP contribution in [0.2, 0.25) is 4.34 Å². The summed E-state index contributed by atoms with van der Waals surface area (Å²) in [6, 6.07) is 6.58. The van der Waals surface area contributed by atoms with Gasteiger partial charge in [-0.1, -0.05) is 11.6 Å². The van der Waals surface area contributed by atoms with E-state index in [1.54, 1.807) is 11.3 Å². The van der Waals surface area contributed by atoms with Gasteiger partial charge in [0, 0.05) is 10.9 Å². The fraction of sp³-hybridized carbons (Fsp3) is 0.429. The molecule has 0 aromatic carbocycles. The van der Waals surface area contributed by atoms with Crippen molar-refractivity contribution in [2.24, 2.45) is 0 Å². The predicted molar refractivity (Wildman–Crippen MR) is 75.3 cm³/mol. The highest BCUT2D eigenvalue weighted by Crippen LogP contribution is 2.37. The summed E-state index contributed by atoms with van der Waals surface area (Å²) in [6.45, 7) is 2.76. The van der Waals surface area contributed by atoms with E-state index >= 15 is 0 Å². The number of aryl methyl sites for hydroxylation is 2. The maximum absolute atomic E-state index is 6.11. The van der Waals surface area contributed by atoms with Crippen LogP contribution < -0.4 is 5.32 Å². The van der Waals surface area contributed by atoms with Crippen LogP contribution >= 0.6 is 22.9 Å². The van der Waals surface area contributed by atoms with Gasteiger partial charge in [-0.05, 0) is 49.9 Å². The molecular weight excluding hydrogens is 266 g/mol. The summed E-state index contributed by atoms with van der Waals surface area (Å²) in [5, 5.41) is 3.58. The third-order valence-electron chi connectivity index (χ3n) is 3.40. The Kier molecular flexibility index (Phi) is 3.46. The van der Waals surface area contributed by atoms with Gasteiger partial charge in [0.1, 0.15) is 11.5 Å². The van der Waals surface area contributed by atoms with E-state index < -0.39 is 0 Å². The van der Waals surface area contributed by atoms with Gasteiger partial charge in [-0.15, -0.1) is 11.3 Å². The van der Waals surface area contributed by atoms with Gasteiger partial charge in [-0.3, -0.25) is 0 Å². The van der Waals surface area contributed by atoms with Gasteiger partial charge in [0.2, 0.25) is 0 Å². The lowest BCUT2D eigenvalue weighted by Gasteiger charge is -2.23. The van der Waals surface area contributed by atoms with E-state index in [1.807, 2.05) is 19.1 Å². The quantitative estimate of drug-likeness (QED) is 0.898. The first-order chi connectivity index (χ1) is 8.72. The molecule has 1 N–H and O–H groups in total. The average molecular weight is 282 g/mol. The molecule has 0 spiro atoms. The molecule has 0 saturated heterocycles. The van der Waals surface area contributed by atoms with E-state index in [4.69, 9.17) is 16.0 Å². The third-order valence-corrected chi connectivity index (χ3v) is 4.74. The summed E-state index contributed by atoms with van der Waals surface area (Å²) in [7, 11) is 0. The van der Waals surface area contributed by atoms with Crippen molar-refractivity contribution in [3.63, 3.8) is 0 Å². The van der Waals surface area contributed by atoms with Crippen molar-refractivity contribution in [1.29, 1.82) is 0 Å². The van der Waals surface area contributed by atoms with Crippen LogP contribution in [0.15, 0.2) is 22.6 Å². The molecule has 1 aliphatic carbocycles. The summed E-state index contributed by atoms with van der Waals surface area (Å²) in [5.74, 6) is 1.97. The van der Waals surface area contributed by atoms with Crippen LogP contribution in [0, 0.1) is 6.92 Å². The van der Waals surface area contributed by atoms with Crippen molar-refractivity contribution in [3.8, 4) is 0 Å². The number of hydrogen-bond donors (Lipinski definition) is 1. The fourth-order valence-corrected chi connectivity index (χ4v) is 3.92. The lowest BCUT2D eigenvalue weighted by Crippen LogP contribution is -2.23. The van der Waals surface area contributed by atoms with Crippen LogP contribution in [0.25, 0.3) is 0 Å². The van der Waals surface area contributed by atoms with Gasteiger partial charge in [0.15, 0.2) is 0 Å². The largest absolute Gasteiger partial charge is 0.465 e. The summed E-state index contributed by atoms with van der Waals surface area (Å²) in [5.41, 5.74) is 1.39. The summed E-state index contributed by atoms with van der Waals surface area (Å²) < 4.78 is 6.49. The zero-order valence-electron chi connectivity index (χ0n) is 10.3. The summed E-state index contributed by atoms with van der Waals surface area (Å²) >= 11 is 7.83. The average Bonchev–Trinajstić information content (AvgIpc) is 2.91. The van der Waals surface area contributed by atoms with Gasteiger partial charge in [0.25, 0.3) is 0 Å². The van der Waals surface area contributed by atoms with Crippen LogP contribution in [0.4, 0.5) is 0 Å². The Bertz CT molecular complexity index is 546. The van der Waals surface area contributed by atoms with Gasteiger partial charge in [-0.25, -0.2) is 0 Å². The Morgan fingerprint density at radius 2 is 2.39 bits per heavy atom. The smallest absolute Gasteiger partial charge is 0.117 e. The van der Waals surface area contributed by atoms with Crippen LogP contribution in [0.3, 0.4) is 0 Å². The van der Waals surface area contributed by atoms with E-state index in [-0.39, 0.29) is 0 Å². The second-order valence-corrected chi connectivity index (χ2v) is 6.54. The maximum atomic E-state index is 6.11. The Morgan fingerprint density at radius 3 is 3.17 bits per heavy atom. The SMILES string of the molecule is Cc1ccc(CNC2CCCc3sc(Cl)cc32)o1. The molecule has 0 amide bonds. The normalized spacial score (nSPS) is 18.9. The van der Waals surface area contributed by atoms with E-state index in [0.717, 1.165) is 22.4 Å². The number of halogens is 1. The van der Waals surface area contributed by atoms with Crippen LogP contribution in [0.1, 0.15) is 40.8 Å². The van der Waals surface area contributed by atoms with Crippen LogP contribution in [-0.4, -0.2) is 0 Å². The topological polar surface area (TPSA) is 25.2 Å². The number of nitrogens with one attached hydrogen (secondary N) is 1. The van der Waals surface area contributed by atoms with Crippen molar-refractivity contribution >= 4 is 22.9 Å². The number of hydrogen-bond acceptors (Lipinski definition) is 3. The highest BCUT2D eigenvalue weighted by atomic mass is 35.5. The van der Waals surface area contributed by atoms with Crippen LogP contribution in [-0.2, 0) is 13.0 Å². The molecule has 2 aromatic rings. The lowest BCUT2D eigenvalue weighted by atomic mass is 9.94. The van der Waals surface area contributed by atoms with E-state index in [0.29, 0.717) is 6.04 Å². The highest BCUT2D eigenvalue weighted by Gasteiger charge is 2.22. The molecule has 0 saturated carbocycles. The molecular formula is C14H16ClNOS. The third kappa shape index (κ3) is 2.48. The molecule has 1 atom stereocenters. The monoisotopic (exact) mass is 281 g/mol. The van der Waals surface area contributed by atoms with Crippen molar-refractivity contribution in [1.82, 2.24) is 5.32 Å². The molecule has 18 heavy (non-hydrogen) atoms. The molecule has 2 heterocycles. The van der Waals surface area contributed by atoms with Crippen molar-refractivity contribution < 1.29 is 4.42 Å². The molecule has 0 bridgehead atoms. The number of furan rings is 1. The zero-order valence-corrected chi connectivity index (χ0v) is 11.9. The Labute approximate surface area is 116 Å². The number of fused-ring (bicyclic) bond motifs is 1. The zero-order chi connectivity index (χ0) is 12.5. The molecule has 0 aliphatic heterocycles. The second-order valence-electron chi connectivity index (χ2n) is 4.77. The lowest BCUT2D eigenvalue weighted by molar-refractivity contribution is 0.411. The summed E-state index contributed by atoms with van der Waals surface area (Å²) in [6.07, 6.45) is 3.59. The fourth-order valence-electron chi connectivity index (χ4n) is 2.54. The number of rotatable bonds is 3. The van der Waals surface area contributed by atoms with E-state index in [9.17, 15) is 0 Å². The van der Waals surface area contributed by atoms with Crippen molar-refractivity contribution in [2.45, 2.75) is 38.8 Å². The second kappa shape index (κ2) is 5.08. The summed E-state index contributed by atoms with van der Waals surface area (Å²) in [4.78, 5) is 1.44. The van der Waals surface area contributed by atoms with Gasteiger partial charge in [0.05, 0.1) is 10.9 Å². The predicted octanol–water partition coefficient (Wildman–Crippen LogP) is 4.47. The minimum absolute atomic E-state index is 0.419. The van der Waals surface area contributed by atoms with Crippen molar-refractivity contribution in [3.05, 3.63) is 44.5 Å². The van der Waals surface area contributed by atoms with E-state index in [1.165, 1.54) is 29.7 Å². The van der Waals surface area contributed by atoms with Gasteiger partial charge >= 0.3 is 0 Å². The Morgan fingerprint density at radius 1 is 1.50 bits per heavy atom. The maximum Gasteiger partial charge on any atom is 0.117 e. The van der Waals surface area contributed by atoms with Gasteiger partial charge in [-0.2, -0.15) is 0 Å². The molecule has 1 unspecified atom stereocenters. The molecule has 2 nitrogen and oxygen atoms in total. The standard InChI is InChI=1S/C14H16ClNOS/c1-9-5-6-10(17-9)8-16-12-3-2-4-13-11(12)7-14(15)18-13/h5-7,12,16H,2-4,8H2,1H3. The molecule has 3 rings (SSSR count). The molecule has 2 aromatic heterocycles. The first-order valence-electron chi connectivity index (χ1n) is 6.29. The molecule has 1 aliphatic rings. The first kappa shape index (κ1) is 12.3. The molecule has 96 valence electrons. The van der Waals surface area contributed by atoms with Crippen LogP contribution in [0.5, 0.6) is 0 Å². The molecule has 0 fully saturated rings. The first-order valence-corrected chi connectivity index (χ1v) is 7.48. The molecule has 4 heteroatoms. The minimum Gasteiger partial charge on any atom is -0.465 e. The van der Waals surface area contributed by atoms with Gasteiger partial charge < -0.3 is 9.73 Å². The van der Waals surface area contributed by atoms with Crippen molar-refractivity contribution in [2.75, 3.05) is 0 Å². The number of thiophene rings is 1. The van der Waals surface area contributed by atoms with E-state index in [2.05, 4.69) is 11.4 Å².